The molecule has 0 unspecified atom stereocenters. The van der Waals surface area contributed by atoms with Gasteiger partial charge in [-0.15, -0.1) is 0 Å². The summed E-state index contributed by atoms with van der Waals surface area (Å²) < 4.78 is 5.75. The number of hydrogen-bond donors (Lipinski definition) is 2. The van der Waals surface area contributed by atoms with Gasteiger partial charge in [0.15, 0.2) is 0 Å². The molecule has 7 nitrogen and oxygen atoms in total. The summed E-state index contributed by atoms with van der Waals surface area (Å²) in [5, 5.41) is 3.35. The van der Waals surface area contributed by atoms with E-state index in [1.165, 1.54) is 0 Å². The number of hydrogen-bond acceptors (Lipinski definition) is 6. The van der Waals surface area contributed by atoms with E-state index in [4.69, 9.17) is 10.5 Å². The van der Waals surface area contributed by atoms with E-state index in [1.54, 1.807) is 36.5 Å². The first-order valence-electron chi connectivity index (χ1n) is 7.98. The Morgan fingerprint density at radius 3 is 2.88 bits per heavy atom. The monoisotopic (exact) mass is 327 g/mol. The maximum atomic E-state index is 11.3. The fourth-order valence-electron chi connectivity index (χ4n) is 2.75. The predicted molar refractivity (Wildman–Crippen MR) is 91.4 cm³/mol. The maximum Gasteiger partial charge on any atom is 0.248 e. The van der Waals surface area contributed by atoms with Crippen molar-refractivity contribution in [2.75, 3.05) is 25.0 Å². The Kier molecular flexibility index (Phi) is 4.90. The zero-order valence-electron chi connectivity index (χ0n) is 13.6. The van der Waals surface area contributed by atoms with E-state index >= 15 is 0 Å². The van der Waals surface area contributed by atoms with Crippen LogP contribution in [0.1, 0.15) is 23.2 Å². The Morgan fingerprint density at radius 1 is 1.33 bits per heavy atom. The molecule has 3 N–H and O–H groups in total. The summed E-state index contributed by atoms with van der Waals surface area (Å²) in [5.41, 5.74) is 5.69. The number of piperidine rings is 1. The molecule has 1 aliphatic rings. The summed E-state index contributed by atoms with van der Waals surface area (Å²) in [6.07, 6.45) is 3.80. The molecular weight excluding hydrogens is 306 g/mol. The number of rotatable bonds is 5. The summed E-state index contributed by atoms with van der Waals surface area (Å²) in [6.45, 7) is 2.01. The van der Waals surface area contributed by atoms with Gasteiger partial charge in [0, 0.05) is 30.9 Å². The van der Waals surface area contributed by atoms with Crippen LogP contribution in [-0.4, -0.2) is 42.1 Å². The Hall–Kier alpha value is -2.67. The molecular formula is C17H21N5O2. The Labute approximate surface area is 140 Å². The quantitative estimate of drug-likeness (QED) is 0.865. The van der Waals surface area contributed by atoms with Gasteiger partial charge in [-0.25, -0.2) is 4.98 Å². The highest BCUT2D eigenvalue weighted by molar-refractivity contribution is 5.93. The standard InChI is InChI=1S/C17H21N5O2/c1-22(13-5-8-19-9-6-13)17-20-10-7-15(21-17)24-14-4-2-3-12(11-14)16(18)23/h2-4,7,10-11,13,19H,5-6,8-9H2,1H3,(H2,18,23). The number of aromatic nitrogens is 2. The normalized spacial score (nSPS) is 15.0. The first kappa shape index (κ1) is 16.2. The van der Waals surface area contributed by atoms with E-state index in [9.17, 15) is 4.79 Å². The second-order valence-electron chi connectivity index (χ2n) is 5.78. The van der Waals surface area contributed by atoms with Crippen molar-refractivity contribution in [1.29, 1.82) is 0 Å². The lowest BCUT2D eigenvalue weighted by Gasteiger charge is -2.31. The predicted octanol–water partition coefficient (Wildman–Crippen LogP) is 1.56. The first-order chi connectivity index (χ1) is 11.6. The smallest absolute Gasteiger partial charge is 0.248 e. The number of carbonyl (C=O) groups is 1. The van der Waals surface area contributed by atoms with E-state index in [1.807, 2.05) is 7.05 Å². The van der Waals surface area contributed by atoms with Crippen LogP contribution in [0.5, 0.6) is 11.6 Å². The van der Waals surface area contributed by atoms with Crippen LogP contribution in [0.15, 0.2) is 36.5 Å². The van der Waals surface area contributed by atoms with Crippen molar-refractivity contribution in [1.82, 2.24) is 15.3 Å². The summed E-state index contributed by atoms with van der Waals surface area (Å²) in [5.74, 6) is 1.09. The lowest BCUT2D eigenvalue weighted by molar-refractivity contribution is 0.1000. The van der Waals surface area contributed by atoms with Crippen LogP contribution in [0.4, 0.5) is 5.95 Å². The van der Waals surface area contributed by atoms with Crippen molar-refractivity contribution >= 4 is 11.9 Å². The molecule has 1 aromatic heterocycles. The second kappa shape index (κ2) is 7.27. The molecule has 1 aliphatic heterocycles. The number of benzene rings is 1. The number of nitrogens with one attached hydrogen (secondary N) is 1. The minimum Gasteiger partial charge on any atom is -0.439 e. The molecule has 0 saturated carbocycles. The Morgan fingerprint density at radius 2 is 2.12 bits per heavy atom. The minimum atomic E-state index is -0.491. The van der Waals surface area contributed by atoms with Gasteiger partial charge >= 0.3 is 0 Å². The average Bonchev–Trinajstić information content (AvgIpc) is 2.62. The summed E-state index contributed by atoms with van der Waals surface area (Å²) >= 11 is 0. The lowest BCUT2D eigenvalue weighted by Crippen LogP contribution is -2.41. The van der Waals surface area contributed by atoms with E-state index in [-0.39, 0.29) is 0 Å². The van der Waals surface area contributed by atoms with Crippen LogP contribution in [0.3, 0.4) is 0 Å². The van der Waals surface area contributed by atoms with Gasteiger partial charge in [-0.2, -0.15) is 4.98 Å². The Bertz CT molecular complexity index is 716. The van der Waals surface area contributed by atoms with E-state index in [0.29, 0.717) is 29.2 Å². The molecule has 1 amide bonds. The molecule has 0 atom stereocenters. The molecule has 0 spiro atoms. The van der Waals surface area contributed by atoms with Gasteiger partial charge in [0.05, 0.1) is 0 Å². The highest BCUT2D eigenvalue weighted by atomic mass is 16.5. The highest BCUT2D eigenvalue weighted by Crippen LogP contribution is 2.23. The third-order valence-electron chi connectivity index (χ3n) is 4.13. The van der Waals surface area contributed by atoms with Crippen molar-refractivity contribution in [2.45, 2.75) is 18.9 Å². The number of amides is 1. The molecule has 1 saturated heterocycles. The van der Waals surface area contributed by atoms with Gasteiger partial charge in [-0.1, -0.05) is 6.07 Å². The second-order valence-corrected chi connectivity index (χ2v) is 5.78. The highest BCUT2D eigenvalue weighted by Gasteiger charge is 2.20. The third kappa shape index (κ3) is 3.80. The number of nitrogens with two attached hydrogens (primary N) is 1. The van der Waals surface area contributed by atoms with Crippen LogP contribution in [0.25, 0.3) is 0 Å². The van der Waals surface area contributed by atoms with Crippen molar-refractivity contribution in [3.63, 3.8) is 0 Å². The van der Waals surface area contributed by atoms with E-state index in [0.717, 1.165) is 25.9 Å². The molecule has 3 rings (SSSR count). The molecule has 7 heteroatoms. The van der Waals surface area contributed by atoms with Crippen LogP contribution >= 0.6 is 0 Å². The molecule has 0 radical (unpaired) electrons. The number of ether oxygens (including phenoxy) is 1. The first-order valence-corrected chi connectivity index (χ1v) is 7.98. The molecule has 1 aromatic carbocycles. The average molecular weight is 327 g/mol. The van der Waals surface area contributed by atoms with Crippen molar-refractivity contribution < 1.29 is 9.53 Å². The largest absolute Gasteiger partial charge is 0.439 e. The van der Waals surface area contributed by atoms with Crippen LogP contribution in [-0.2, 0) is 0 Å². The van der Waals surface area contributed by atoms with Gasteiger partial charge in [0.1, 0.15) is 5.75 Å². The fourth-order valence-corrected chi connectivity index (χ4v) is 2.75. The van der Waals surface area contributed by atoms with Crippen molar-refractivity contribution in [3.8, 4) is 11.6 Å². The van der Waals surface area contributed by atoms with Gasteiger partial charge < -0.3 is 20.7 Å². The van der Waals surface area contributed by atoms with Gasteiger partial charge in [0.2, 0.25) is 17.7 Å². The number of anilines is 1. The number of primary amides is 1. The SMILES string of the molecule is CN(c1nccc(Oc2cccc(C(N)=O)c2)n1)C1CCNCC1. The maximum absolute atomic E-state index is 11.3. The lowest BCUT2D eigenvalue weighted by atomic mass is 10.1. The summed E-state index contributed by atoms with van der Waals surface area (Å²) in [7, 11) is 2.00. The van der Waals surface area contributed by atoms with Crippen LogP contribution in [0.2, 0.25) is 0 Å². The molecule has 2 heterocycles. The van der Waals surface area contributed by atoms with Crippen LogP contribution in [0, 0.1) is 0 Å². The molecule has 0 aliphatic carbocycles. The van der Waals surface area contributed by atoms with Gasteiger partial charge in [-0.05, 0) is 44.1 Å². The zero-order chi connectivity index (χ0) is 16.9. The molecule has 126 valence electrons. The number of carbonyl (C=O) groups excluding carboxylic acids is 1. The molecule has 24 heavy (non-hydrogen) atoms. The third-order valence-corrected chi connectivity index (χ3v) is 4.13. The fraction of sp³-hybridized carbons (Fsp3) is 0.353. The van der Waals surface area contributed by atoms with Crippen molar-refractivity contribution in [2.24, 2.45) is 5.73 Å². The number of nitrogens with zero attached hydrogens (tertiary/aromatic N) is 3. The van der Waals surface area contributed by atoms with E-state index < -0.39 is 5.91 Å². The van der Waals surface area contributed by atoms with E-state index in [2.05, 4.69) is 20.2 Å². The Balaban J connectivity index is 1.75. The zero-order valence-corrected chi connectivity index (χ0v) is 13.6. The molecule has 1 fully saturated rings. The molecule has 2 aromatic rings. The van der Waals surface area contributed by atoms with Gasteiger partial charge in [-0.3, -0.25) is 4.79 Å². The minimum absolute atomic E-state index is 0.397. The van der Waals surface area contributed by atoms with Crippen LogP contribution < -0.4 is 20.7 Å². The summed E-state index contributed by atoms with van der Waals surface area (Å²) in [6, 6.07) is 8.83. The van der Waals surface area contributed by atoms with Gasteiger partial charge in [0.25, 0.3) is 0 Å². The summed E-state index contributed by atoms with van der Waals surface area (Å²) in [4.78, 5) is 22.2. The molecule has 0 bridgehead atoms. The van der Waals surface area contributed by atoms with Crippen molar-refractivity contribution in [3.05, 3.63) is 42.1 Å². The topological polar surface area (TPSA) is 93.4 Å².